The van der Waals surface area contributed by atoms with E-state index in [0.29, 0.717) is 13.2 Å². The smallest absolute Gasteiger partial charge is 0.219 e. The number of hydrogen-bond acceptors (Lipinski definition) is 3. The fourth-order valence-corrected chi connectivity index (χ4v) is 0.703. The van der Waals surface area contributed by atoms with Crippen LogP contribution in [0.1, 0.15) is 26.7 Å². The number of nitrogens with two attached hydrogens (primary N) is 2. The van der Waals surface area contributed by atoms with Gasteiger partial charge in [-0.3, -0.25) is 4.79 Å². The topological polar surface area (TPSA) is 78.3 Å². The molecule has 0 aliphatic rings. The monoisotopic (exact) mass is 174 g/mol. The van der Waals surface area contributed by atoms with Gasteiger partial charge >= 0.3 is 0 Å². The molecule has 4 heteroatoms. The van der Waals surface area contributed by atoms with Gasteiger partial charge in [-0.15, -0.1) is 0 Å². The lowest BCUT2D eigenvalue weighted by atomic mass is 10.0. The van der Waals surface area contributed by atoms with Crippen molar-refractivity contribution in [1.82, 2.24) is 0 Å². The largest absolute Gasteiger partial charge is 0.373 e. The van der Waals surface area contributed by atoms with E-state index in [2.05, 4.69) is 0 Å². The van der Waals surface area contributed by atoms with Gasteiger partial charge in [-0.25, -0.2) is 0 Å². The van der Waals surface area contributed by atoms with Crippen molar-refractivity contribution < 1.29 is 9.53 Å². The van der Waals surface area contributed by atoms with Crippen LogP contribution in [0, 0.1) is 0 Å². The molecular formula is C8H18N2O2. The van der Waals surface area contributed by atoms with Crippen molar-refractivity contribution in [3.63, 3.8) is 0 Å². The molecule has 0 rings (SSSR count). The maximum Gasteiger partial charge on any atom is 0.219 e. The van der Waals surface area contributed by atoms with Crippen LogP contribution in [-0.4, -0.2) is 24.7 Å². The normalized spacial score (nSPS) is 15.6. The van der Waals surface area contributed by atoms with Gasteiger partial charge in [-0.2, -0.15) is 0 Å². The van der Waals surface area contributed by atoms with Gasteiger partial charge in [0.25, 0.3) is 0 Å². The predicted molar refractivity (Wildman–Crippen MR) is 47.5 cm³/mol. The minimum atomic E-state index is -0.342. The van der Waals surface area contributed by atoms with Crippen molar-refractivity contribution in [3.8, 4) is 0 Å². The van der Waals surface area contributed by atoms with E-state index in [1.807, 2.05) is 13.8 Å². The summed E-state index contributed by atoms with van der Waals surface area (Å²) < 4.78 is 5.41. The molecule has 0 spiro atoms. The van der Waals surface area contributed by atoms with Gasteiger partial charge in [-0.05, 0) is 13.3 Å². The molecule has 72 valence electrons. The van der Waals surface area contributed by atoms with Crippen LogP contribution in [0.5, 0.6) is 0 Å². The first kappa shape index (κ1) is 11.4. The Morgan fingerprint density at radius 2 is 2.17 bits per heavy atom. The number of rotatable bonds is 6. The van der Waals surface area contributed by atoms with Crippen molar-refractivity contribution in [2.75, 3.05) is 13.2 Å². The third kappa shape index (κ3) is 4.31. The van der Waals surface area contributed by atoms with E-state index in [9.17, 15) is 4.79 Å². The van der Waals surface area contributed by atoms with E-state index in [1.165, 1.54) is 0 Å². The molecule has 4 N–H and O–H groups in total. The van der Waals surface area contributed by atoms with Crippen LogP contribution in [0.3, 0.4) is 0 Å². The zero-order chi connectivity index (χ0) is 9.61. The van der Waals surface area contributed by atoms with E-state index in [1.54, 1.807) is 0 Å². The zero-order valence-electron chi connectivity index (χ0n) is 7.80. The summed E-state index contributed by atoms with van der Waals surface area (Å²) in [6.45, 7) is 4.74. The Balaban J connectivity index is 3.65. The molecule has 0 bridgehead atoms. The Morgan fingerprint density at radius 1 is 1.58 bits per heavy atom. The molecule has 0 saturated heterocycles. The minimum absolute atomic E-state index is 0.260. The average Bonchev–Trinajstić information content (AvgIpc) is 2.03. The Morgan fingerprint density at radius 3 is 2.50 bits per heavy atom. The first-order chi connectivity index (χ1) is 5.54. The van der Waals surface area contributed by atoms with Crippen molar-refractivity contribution in [2.45, 2.75) is 32.3 Å². The van der Waals surface area contributed by atoms with Crippen LogP contribution in [-0.2, 0) is 9.53 Å². The van der Waals surface area contributed by atoms with Gasteiger partial charge in [0, 0.05) is 13.0 Å². The quantitative estimate of drug-likeness (QED) is 0.595. The first-order valence-electron chi connectivity index (χ1n) is 4.16. The molecule has 0 aromatic heterocycles. The van der Waals surface area contributed by atoms with Gasteiger partial charge in [0.05, 0.1) is 12.2 Å². The highest BCUT2D eigenvalue weighted by atomic mass is 16.5. The van der Waals surface area contributed by atoms with Crippen molar-refractivity contribution in [2.24, 2.45) is 11.5 Å². The summed E-state index contributed by atoms with van der Waals surface area (Å²) in [5.41, 5.74) is 10.1. The van der Waals surface area contributed by atoms with E-state index >= 15 is 0 Å². The van der Waals surface area contributed by atoms with Gasteiger partial charge in [0.15, 0.2) is 0 Å². The summed E-state index contributed by atoms with van der Waals surface area (Å²) >= 11 is 0. The van der Waals surface area contributed by atoms with Crippen LogP contribution >= 0.6 is 0 Å². The molecule has 0 saturated carbocycles. The Labute approximate surface area is 73.2 Å². The molecule has 12 heavy (non-hydrogen) atoms. The van der Waals surface area contributed by atoms with E-state index in [0.717, 1.165) is 6.42 Å². The molecule has 0 aliphatic carbocycles. The second-order valence-electron chi connectivity index (χ2n) is 3.07. The van der Waals surface area contributed by atoms with Gasteiger partial charge in [-0.1, -0.05) is 6.92 Å². The zero-order valence-corrected chi connectivity index (χ0v) is 7.80. The molecule has 0 radical (unpaired) electrons. The van der Waals surface area contributed by atoms with Crippen molar-refractivity contribution >= 4 is 5.91 Å². The van der Waals surface area contributed by atoms with Gasteiger partial charge in [0.1, 0.15) is 0 Å². The van der Waals surface area contributed by atoms with Crippen LogP contribution in [0.25, 0.3) is 0 Å². The summed E-state index contributed by atoms with van der Waals surface area (Å²) in [6.07, 6.45) is 1.10. The third-order valence-corrected chi connectivity index (χ3v) is 1.98. The number of amides is 1. The summed E-state index contributed by atoms with van der Waals surface area (Å²) in [4.78, 5) is 10.4. The summed E-state index contributed by atoms with van der Waals surface area (Å²) in [5, 5.41) is 0. The number of hydrogen-bond donors (Lipinski definition) is 2. The maximum atomic E-state index is 10.4. The molecule has 0 fully saturated rings. The Bertz CT molecular complexity index is 144. The Hall–Kier alpha value is -0.610. The lowest BCUT2D eigenvalue weighted by Crippen LogP contribution is -2.37. The summed E-state index contributed by atoms with van der Waals surface area (Å²) in [5.74, 6) is -0.342. The SMILES string of the molecule is CCC(C)(CN)OCCC(N)=O. The second-order valence-corrected chi connectivity index (χ2v) is 3.07. The van der Waals surface area contributed by atoms with Crippen LogP contribution in [0.4, 0.5) is 0 Å². The predicted octanol–water partition coefficient (Wildman–Crippen LogP) is 0.00580. The highest BCUT2D eigenvalue weighted by Gasteiger charge is 2.20. The minimum Gasteiger partial charge on any atom is -0.373 e. The number of carbonyl (C=O) groups is 1. The molecule has 0 heterocycles. The molecule has 4 nitrogen and oxygen atoms in total. The van der Waals surface area contributed by atoms with E-state index in [4.69, 9.17) is 16.2 Å². The number of ether oxygens (including phenoxy) is 1. The van der Waals surface area contributed by atoms with Crippen LogP contribution in [0.2, 0.25) is 0 Å². The molecule has 0 aromatic carbocycles. The fraction of sp³-hybridized carbons (Fsp3) is 0.875. The first-order valence-corrected chi connectivity index (χ1v) is 4.16. The molecule has 0 aliphatic heterocycles. The summed E-state index contributed by atoms with van der Waals surface area (Å²) in [7, 11) is 0. The van der Waals surface area contributed by atoms with E-state index in [-0.39, 0.29) is 17.9 Å². The van der Waals surface area contributed by atoms with E-state index < -0.39 is 0 Å². The molecule has 1 unspecified atom stereocenters. The van der Waals surface area contributed by atoms with Crippen molar-refractivity contribution in [3.05, 3.63) is 0 Å². The number of carbonyl (C=O) groups excluding carboxylic acids is 1. The second kappa shape index (κ2) is 5.11. The molecular weight excluding hydrogens is 156 g/mol. The van der Waals surface area contributed by atoms with Crippen LogP contribution in [0.15, 0.2) is 0 Å². The highest BCUT2D eigenvalue weighted by molar-refractivity contribution is 5.73. The third-order valence-electron chi connectivity index (χ3n) is 1.98. The highest BCUT2D eigenvalue weighted by Crippen LogP contribution is 2.12. The molecule has 1 amide bonds. The van der Waals surface area contributed by atoms with Gasteiger partial charge < -0.3 is 16.2 Å². The average molecular weight is 174 g/mol. The fourth-order valence-electron chi connectivity index (χ4n) is 0.703. The van der Waals surface area contributed by atoms with Crippen LogP contribution < -0.4 is 11.5 Å². The maximum absolute atomic E-state index is 10.4. The standard InChI is InChI=1S/C8H18N2O2/c1-3-8(2,6-9)12-5-4-7(10)11/h3-6,9H2,1-2H3,(H2,10,11). The lowest BCUT2D eigenvalue weighted by molar-refractivity contribution is -0.120. The summed E-state index contributed by atoms with van der Waals surface area (Å²) in [6, 6.07) is 0. The molecule has 0 aromatic rings. The lowest BCUT2D eigenvalue weighted by Gasteiger charge is -2.26. The Kier molecular flexibility index (Phi) is 4.85. The molecule has 1 atom stereocenters. The number of primary amides is 1. The van der Waals surface area contributed by atoms with Gasteiger partial charge in [0.2, 0.25) is 5.91 Å². The van der Waals surface area contributed by atoms with Crippen molar-refractivity contribution in [1.29, 1.82) is 0 Å².